The van der Waals surface area contributed by atoms with Gasteiger partial charge in [0.05, 0.1) is 0 Å². The largest absolute Gasteiger partial charge is 0.367 e. The van der Waals surface area contributed by atoms with Crippen molar-refractivity contribution >= 4 is 5.91 Å². The molecule has 2 aliphatic carbocycles. The molecule has 3 unspecified atom stereocenters. The Morgan fingerprint density at radius 3 is 3.00 bits per heavy atom. The number of nitrogens with one attached hydrogen (secondary N) is 2. The minimum absolute atomic E-state index is 0.272. The summed E-state index contributed by atoms with van der Waals surface area (Å²) in [6, 6.07) is 2.00. The highest BCUT2D eigenvalue weighted by molar-refractivity contribution is 5.79. The van der Waals surface area contributed by atoms with Gasteiger partial charge >= 0.3 is 0 Å². The van der Waals surface area contributed by atoms with Gasteiger partial charge < -0.3 is 10.3 Å². The first-order valence-corrected chi connectivity index (χ1v) is 6.22. The van der Waals surface area contributed by atoms with E-state index in [9.17, 15) is 4.79 Å². The van der Waals surface area contributed by atoms with Crippen LogP contribution in [-0.4, -0.2) is 10.9 Å². The minimum Gasteiger partial charge on any atom is -0.367 e. The Labute approximate surface area is 95.6 Å². The van der Waals surface area contributed by atoms with Crippen molar-refractivity contribution in [1.29, 1.82) is 0 Å². The molecule has 3 heteroatoms. The molecule has 2 saturated carbocycles. The number of carbonyl (C=O) groups is 1. The number of fused-ring (bicyclic) bond motifs is 2. The lowest BCUT2D eigenvalue weighted by Gasteiger charge is -2.20. The standard InChI is InChI=1S/C13H18N2O/c16-13(15-8-10-3-4-14-7-10)12-6-9-1-2-11(12)5-9/h3-4,7,9,11-12,14H,1-2,5-6,8H2,(H,15,16). The van der Waals surface area contributed by atoms with Gasteiger partial charge in [-0.2, -0.15) is 0 Å². The average molecular weight is 218 g/mol. The van der Waals surface area contributed by atoms with Gasteiger partial charge in [0.25, 0.3) is 0 Å². The molecule has 1 heterocycles. The zero-order valence-electron chi connectivity index (χ0n) is 9.41. The maximum absolute atomic E-state index is 12.0. The molecule has 86 valence electrons. The number of H-pyrrole nitrogens is 1. The van der Waals surface area contributed by atoms with E-state index in [1.807, 2.05) is 18.5 Å². The molecule has 1 amide bonds. The van der Waals surface area contributed by atoms with Crippen LogP contribution in [0.2, 0.25) is 0 Å². The number of amides is 1. The third-order valence-corrected chi connectivity index (χ3v) is 4.20. The number of aromatic amines is 1. The normalized spacial score (nSPS) is 31.9. The Hall–Kier alpha value is -1.25. The van der Waals surface area contributed by atoms with Crippen molar-refractivity contribution in [2.45, 2.75) is 32.2 Å². The first-order chi connectivity index (χ1) is 7.83. The molecule has 0 spiro atoms. The van der Waals surface area contributed by atoms with Crippen LogP contribution < -0.4 is 5.32 Å². The average Bonchev–Trinajstić information content (AvgIpc) is 3.01. The zero-order valence-corrected chi connectivity index (χ0v) is 9.41. The quantitative estimate of drug-likeness (QED) is 0.801. The highest BCUT2D eigenvalue weighted by Gasteiger charge is 2.42. The molecule has 0 saturated heterocycles. The number of carbonyl (C=O) groups excluding carboxylic acids is 1. The minimum atomic E-state index is 0.272. The smallest absolute Gasteiger partial charge is 0.223 e. The van der Waals surface area contributed by atoms with Crippen molar-refractivity contribution in [3.8, 4) is 0 Å². The fraction of sp³-hybridized carbons (Fsp3) is 0.615. The van der Waals surface area contributed by atoms with Crippen molar-refractivity contribution < 1.29 is 4.79 Å². The molecule has 16 heavy (non-hydrogen) atoms. The molecule has 1 aromatic heterocycles. The van der Waals surface area contributed by atoms with Crippen LogP contribution in [0.15, 0.2) is 18.5 Å². The molecule has 0 aliphatic heterocycles. The van der Waals surface area contributed by atoms with Gasteiger partial charge in [-0.25, -0.2) is 0 Å². The van der Waals surface area contributed by atoms with E-state index in [0.717, 1.165) is 17.9 Å². The van der Waals surface area contributed by atoms with Crippen molar-refractivity contribution in [3.63, 3.8) is 0 Å². The van der Waals surface area contributed by atoms with E-state index >= 15 is 0 Å². The van der Waals surface area contributed by atoms with E-state index in [4.69, 9.17) is 0 Å². The molecule has 2 fully saturated rings. The second-order valence-corrected chi connectivity index (χ2v) is 5.22. The third-order valence-electron chi connectivity index (χ3n) is 4.20. The van der Waals surface area contributed by atoms with Crippen molar-refractivity contribution in [2.24, 2.45) is 17.8 Å². The molecule has 0 aromatic carbocycles. The maximum Gasteiger partial charge on any atom is 0.223 e. The summed E-state index contributed by atoms with van der Waals surface area (Å²) in [4.78, 5) is 15.0. The Balaban J connectivity index is 1.54. The van der Waals surface area contributed by atoms with Crippen LogP contribution in [0, 0.1) is 17.8 Å². The monoisotopic (exact) mass is 218 g/mol. The lowest BCUT2D eigenvalue weighted by atomic mass is 9.88. The summed E-state index contributed by atoms with van der Waals surface area (Å²) in [6.45, 7) is 0.663. The van der Waals surface area contributed by atoms with Crippen LogP contribution >= 0.6 is 0 Å². The molecular formula is C13H18N2O. The predicted molar refractivity (Wildman–Crippen MR) is 61.6 cm³/mol. The molecular weight excluding hydrogens is 200 g/mol. The Morgan fingerprint density at radius 2 is 2.38 bits per heavy atom. The van der Waals surface area contributed by atoms with Crippen molar-refractivity contribution in [2.75, 3.05) is 0 Å². The molecule has 3 atom stereocenters. The van der Waals surface area contributed by atoms with Gasteiger partial charge in [-0.1, -0.05) is 6.42 Å². The lowest BCUT2D eigenvalue weighted by molar-refractivity contribution is -0.126. The Bertz CT molecular complexity index is 371. The van der Waals surface area contributed by atoms with Crippen molar-refractivity contribution in [3.05, 3.63) is 24.0 Å². The second-order valence-electron chi connectivity index (χ2n) is 5.22. The first-order valence-electron chi connectivity index (χ1n) is 6.22. The molecule has 0 radical (unpaired) electrons. The first kappa shape index (κ1) is 9.94. The number of rotatable bonds is 3. The van der Waals surface area contributed by atoms with E-state index < -0.39 is 0 Å². The summed E-state index contributed by atoms with van der Waals surface area (Å²) in [5, 5.41) is 3.05. The predicted octanol–water partition coefficient (Wildman–Crippen LogP) is 2.07. The molecule has 2 bridgehead atoms. The number of hydrogen-bond donors (Lipinski definition) is 2. The van der Waals surface area contributed by atoms with E-state index in [2.05, 4.69) is 10.3 Å². The van der Waals surface area contributed by atoms with E-state index in [-0.39, 0.29) is 5.91 Å². The van der Waals surface area contributed by atoms with Crippen LogP contribution in [-0.2, 0) is 11.3 Å². The molecule has 2 N–H and O–H groups in total. The molecule has 3 nitrogen and oxygen atoms in total. The zero-order chi connectivity index (χ0) is 11.0. The summed E-state index contributed by atoms with van der Waals surface area (Å²) in [7, 11) is 0. The topological polar surface area (TPSA) is 44.9 Å². The Morgan fingerprint density at radius 1 is 1.44 bits per heavy atom. The molecule has 1 aromatic rings. The molecule has 3 rings (SSSR count). The summed E-state index contributed by atoms with van der Waals surface area (Å²) in [5.41, 5.74) is 1.15. The van der Waals surface area contributed by atoms with Gasteiger partial charge in [0.1, 0.15) is 0 Å². The van der Waals surface area contributed by atoms with E-state index in [1.54, 1.807) is 0 Å². The third kappa shape index (κ3) is 1.75. The Kier molecular flexibility index (Phi) is 2.46. The van der Waals surface area contributed by atoms with Gasteiger partial charge in [0, 0.05) is 24.9 Å². The fourth-order valence-electron chi connectivity index (χ4n) is 3.35. The SMILES string of the molecule is O=C(NCc1cc[nH]c1)C1CC2CCC1C2. The van der Waals surface area contributed by atoms with Crippen LogP contribution in [0.4, 0.5) is 0 Å². The highest BCUT2D eigenvalue weighted by atomic mass is 16.1. The second kappa shape index (κ2) is 3.96. The lowest BCUT2D eigenvalue weighted by Crippen LogP contribution is -2.33. The van der Waals surface area contributed by atoms with Gasteiger partial charge in [-0.15, -0.1) is 0 Å². The highest BCUT2D eigenvalue weighted by Crippen LogP contribution is 2.48. The summed E-state index contributed by atoms with van der Waals surface area (Å²) in [6.07, 6.45) is 8.87. The van der Waals surface area contributed by atoms with Gasteiger partial charge in [-0.05, 0) is 42.7 Å². The van der Waals surface area contributed by atoms with Crippen LogP contribution in [0.25, 0.3) is 0 Å². The summed E-state index contributed by atoms with van der Waals surface area (Å²) < 4.78 is 0. The van der Waals surface area contributed by atoms with Crippen LogP contribution in [0.5, 0.6) is 0 Å². The van der Waals surface area contributed by atoms with Gasteiger partial charge in [0.15, 0.2) is 0 Å². The van der Waals surface area contributed by atoms with E-state index in [1.165, 1.54) is 19.3 Å². The van der Waals surface area contributed by atoms with Crippen LogP contribution in [0.3, 0.4) is 0 Å². The van der Waals surface area contributed by atoms with Gasteiger partial charge in [-0.3, -0.25) is 4.79 Å². The van der Waals surface area contributed by atoms with Gasteiger partial charge in [0.2, 0.25) is 5.91 Å². The number of aromatic nitrogens is 1. The summed E-state index contributed by atoms with van der Waals surface area (Å²) in [5.74, 6) is 2.09. The fourth-order valence-corrected chi connectivity index (χ4v) is 3.35. The maximum atomic E-state index is 12.0. The number of hydrogen-bond acceptors (Lipinski definition) is 1. The van der Waals surface area contributed by atoms with Crippen molar-refractivity contribution in [1.82, 2.24) is 10.3 Å². The van der Waals surface area contributed by atoms with Crippen LogP contribution in [0.1, 0.15) is 31.2 Å². The molecule has 2 aliphatic rings. The summed E-state index contributed by atoms with van der Waals surface area (Å²) >= 11 is 0. The van der Waals surface area contributed by atoms with E-state index in [0.29, 0.717) is 18.4 Å².